The zero-order valence-electron chi connectivity index (χ0n) is 21.6. The highest BCUT2D eigenvalue weighted by molar-refractivity contribution is 5.86. The molecule has 4 N–H and O–H groups in total. The van der Waals surface area contributed by atoms with E-state index >= 15 is 0 Å². The van der Waals surface area contributed by atoms with Gasteiger partial charge in [0.1, 0.15) is 12.2 Å². The molecule has 1 aromatic heterocycles. The number of carbonyl (C=O) groups excluding carboxylic acids is 1. The predicted molar refractivity (Wildman–Crippen MR) is 147 cm³/mol. The van der Waals surface area contributed by atoms with Gasteiger partial charge in [-0.1, -0.05) is 48.5 Å². The standard InChI is InChI=1S/C30H38N6O/c1-20-7-2-4-10-24(20)21-14-17-36(18-15-21)30-34-28(32-23-9-6-16-31-19-23)27(29(37)35-30)26-13-12-22-8-3-5-11-25(22)33-26/h2-5,7-8,10-13,21,23,27-28,30-32,34H,6,9,14-19H2,1H3,(H,35,37)/t23-,27?,28?,30?/m1/s1. The maximum atomic E-state index is 13.7. The Morgan fingerprint density at radius 1 is 0.973 bits per heavy atom. The van der Waals surface area contributed by atoms with Gasteiger partial charge in [-0.3, -0.25) is 25.3 Å². The molecule has 3 unspecified atom stereocenters. The Bertz CT molecular complexity index is 1230. The molecule has 3 aliphatic heterocycles. The molecule has 3 saturated heterocycles. The minimum absolute atomic E-state index is 0.0360. The summed E-state index contributed by atoms with van der Waals surface area (Å²) < 4.78 is 0. The van der Waals surface area contributed by atoms with Crippen molar-refractivity contribution in [2.24, 2.45) is 0 Å². The quantitative estimate of drug-likeness (QED) is 0.433. The van der Waals surface area contributed by atoms with Crippen molar-refractivity contribution >= 4 is 16.8 Å². The first-order chi connectivity index (χ1) is 18.2. The molecule has 0 saturated carbocycles. The van der Waals surface area contributed by atoms with Gasteiger partial charge >= 0.3 is 0 Å². The number of aromatic nitrogens is 1. The van der Waals surface area contributed by atoms with Crippen LogP contribution in [0.25, 0.3) is 10.9 Å². The fourth-order valence-corrected chi connectivity index (χ4v) is 6.35. The fraction of sp³-hybridized carbons (Fsp3) is 0.467. The van der Waals surface area contributed by atoms with E-state index in [9.17, 15) is 4.79 Å². The van der Waals surface area contributed by atoms with Gasteiger partial charge in [-0.2, -0.15) is 0 Å². The predicted octanol–water partition coefficient (Wildman–Crippen LogP) is 3.18. The molecule has 194 valence electrons. The number of piperidine rings is 2. The maximum Gasteiger partial charge on any atom is 0.234 e. The molecule has 6 rings (SSSR count). The minimum Gasteiger partial charge on any atom is -0.327 e. The molecule has 37 heavy (non-hydrogen) atoms. The van der Waals surface area contributed by atoms with E-state index < -0.39 is 5.92 Å². The summed E-state index contributed by atoms with van der Waals surface area (Å²) >= 11 is 0. The second-order valence-electron chi connectivity index (χ2n) is 10.8. The number of rotatable bonds is 5. The van der Waals surface area contributed by atoms with Crippen LogP contribution >= 0.6 is 0 Å². The van der Waals surface area contributed by atoms with E-state index in [-0.39, 0.29) is 18.4 Å². The molecule has 7 nitrogen and oxygen atoms in total. The van der Waals surface area contributed by atoms with Crippen LogP contribution < -0.4 is 21.3 Å². The Labute approximate surface area is 219 Å². The van der Waals surface area contributed by atoms with Gasteiger partial charge in [0, 0.05) is 31.1 Å². The van der Waals surface area contributed by atoms with Crippen molar-refractivity contribution in [2.75, 3.05) is 26.2 Å². The molecule has 3 aliphatic rings. The lowest BCUT2D eigenvalue weighted by molar-refractivity contribution is -0.130. The van der Waals surface area contributed by atoms with Gasteiger partial charge in [0.25, 0.3) is 0 Å². The first-order valence-corrected chi connectivity index (χ1v) is 13.8. The molecule has 4 heterocycles. The Morgan fingerprint density at radius 3 is 2.59 bits per heavy atom. The average Bonchev–Trinajstić information content (AvgIpc) is 2.94. The zero-order chi connectivity index (χ0) is 25.2. The van der Waals surface area contributed by atoms with E-state index in [1.165, 1.54) is 11.1 Å². The van der Waals surface area contributed by atoms with Crippen LogP contribution in [0.15, 0.2) is 60.7 Å². The average molecular weight is 499 g/mol. The molecule has 3 aromatic rings. The van der Waals surface area contributed by atoms with Crippen molar-refractivity contribution in [3.63, 3.8) is 0 Å². The smallest absolute Gasteiger partial charge is 0.234 e. The summed E-state index contributed by atoms with van der Waals surface area (Å²) in [5, 5.41) is 15.5. The first kappa shape index (κ1) is 24.5. The van der Waals surface area contributed by atoms with E-state index in [2.05, 4.69) is 69.5 Å². The van der Waals surface area contributed by atoms with Crippen LogP contribution in [0.1, 0.15) is 54.3 Å². The topological polar surface area (TPSA) is 81.3 Å². The molecule has 0 spiro atoms. The maximum absolute atomic E-state index is 13.7. The monoisotopic (exact) mass is 498 g/mol. The highest BCUT2D eigenvalue weighted by Crippen LogP contribution is 2.31. The SMILES string of the molecule is Cc1ccccc1C1CCN(C2NC(=O)C(c3ccc4ccccc4n3)C(N[C@@H]3CCCNC3)N2)CC1. The van der Waals surface area contributed by atoms with Crippen LogP contribution in [-0.4, -0.2) is 60.5 Å². The van der Waals surface area contributed by atoms with Gasteiger partial charge in [-0.15, -0.1) is 0 Å². The van der Waals surface area contributed by atoms with Gasteiger partial charge in [-0.25, -0.2) is 0 Å². The van der Waals surface area contributed by atoms with E-state index in [1.54, 1.807) is 0 Å². The minimum atomic E-state index is -0.396. The Hall–Kier alpha value is -2.84. The summed E-state index contributed by atoms with van der Waals surface area (Å²) in [4.78, 5) is 21.0. The molecule has 3 fully saturated rings. The molecular weight excluding hydrogens is 460 g/mol. The lowest BCUT2D eigenvalue weighted by atomic mass is 9.87. The van der Waals surface area contributed by atoms with E-state index in [1.807, 2.05) is 24.3 Å². The first-order valence-electron chi connectivity index (χ1n) is 13.8. The lowest BCUT2D eigenvalue weighted by Crippen LogP contribution is -2.71. The number of benzene rings is 2. The van der Waals surface area contributed by atoms with Gasteiger partial charge in [0.2, 0.25) is 5.91 Å². The second-order valence-corrected chi connectivity index (χ2v) is 10.8. The molecular formula is C30H38N6O. The zero-order valence-corrected chi connectivity index (χ0v) is 21.6. The molecule has 0 aliphatic carbocycles. The third-order valence-electron chi connectivity index (χ3n) is 8.41. The number of hydrogen-bond acceptors (Lipinski definition) is 6. The van der Waals surface area contributed by atoms with Crippen molar-refractivity contribution in [3.05, 3.63) is 77.5 Å². The van der Waals surface area contributed by atoms with Crippen molar-refractivity contribution < 1.29 is 4.79 Å². The number of fused-ring (bicyclic) bond motifs is 1. The molecule has 0 bridgehead atoms. The Balaban J connectivity index is 1.20. The number of nitrogens with one attached hydrogen (secondary N) is 4. The van der Waals surface area contributed by atoms with Gasteiger partial charge < -0.3 is 10.6 Å². The number of nitrogens with zero attached hydrogens (tertiary/aromatic N) is 2. The second kappa shape index (κ2) is 10.9. The number of aryl methyl sites for hydroxylation is 1. The van der Waals surface area contributed by atoms with E-state index in [4.69, 9.17) is 4.98 Å². The summed E-state index contributed by atoms with van der Waals surface area (Å²) in [5.41, 5.74) is 4.57. The Kier molecular flexibility index (Phi) is 7.20. The van der Waals surface area contributed by atoms with Crippen LogP contribution in [0.3, 0.4) is 0 Å². The number of pyridine rings is 1. The fourth-order valence-electron chi connectivity index (χ4n) is 6.35. The van der Waals surface area contributed by atoms with Crippen LogP contribution in [0.5, 0.6) is 0 Å². The van der Waals surface area contributed by atoms with Crippen molar-refractivity contribution in [1.82, 2.24) is 31.2 Å². The molecule has 7 heteroatoms. The summed E-state index contributed by atoms with van der Waals surface area (Å²) in [7, 11) is 0. The Morgan fingerprint density at radius 2 is 1.78 bits per heavy atom. The van der Waals surface area contributed by atoms with Gasteiger partial charge in [0.15, 0.2) is 0 Å². The van der Waals surface area contributed by atoms with Crippen molar-refractivity contribution in [3.8, 4) is 0 Å². The van der Waals surface area contributed by atoms with Crippen molar-refractivity contribution in [1.29, 1.82) is 0 Å². The normalized spacial score (nSPS) is 27.8. The molecule has 4 atom stereocenters. The van der Waals surface area contributed by atoms with E-state index in [0.29, 0.717) is 12.0 Å². The van der Waals surface area contributed by atoms with Crippen LogP contribution in [0, 0.1) is 6.92 Å². The van der Waals surface area contributed by atoms with Crippen LogP contribution in [0.2, 0.25) is 0 Å². The highest BCUT2D eigenvalue weighted by atomic mass is 16.2. The number of likely N-dealkylation sites (tertiary alicyclic amines) is 1. The summed E-state index contributed by atoms with van der Waals surface area (Å²) in [5.74, 6) is 0.217. The van der Waals surface area contributed by atoms with Crippen LogP contribution in [0.4, 0.5) is 0 Å². The van der Waals surface area contributed by atoms with E-state index in [0.717, 1.165) is 68.5 Å². The molecule has 2 aromatic carbocycles. The highest BCUT2D eigenvalue weighted by Gasteiger charge is 2.41. The lowest BCUT2D eigenvalue weighted by Gasteiger charge is -2.45. The number of amides is 1. The number of carbonyl (C=O) groups is 1. The summed E-state index contributed by atoms with van der Waals surface area (Å²) in [6.45, 7) is 6.10. The third kappa shape index (κ3) is 5.27. The number of hydrogen-bond donors (Lipinski definition) is 4. The largest absolute Gasteiger partial charge is 0.327 e. The third-order valence-corrected chi connectivity index (χ3v) is 8.41. The molecule has 1 amide bonds. The van der Waals surface area contributed by atoms with Crippen molar-refractivity contribution in [2.45, 2.75) is 62.9 Å². The molecule has 0 radical (unpaired) electrons. The summed E-state index contributed by atoms with van der Waals surface area (Å²) in [6, 6.07) is 21.3. The van der Waals surface area contributed by atoms with Gasteiger partial charge in [0.05, 0.1) is 17.4 Å². The van der Waals surface area contributed by atoms with Crippen LogP contribution in [-0.2, 0) is 4.79 Å². The summed E-state index contributed by atoms with van der Waals surface area (Å²) in [6.07, 6.45) is 4.07. The van der Waals surface area contributed by atoms with Gasteiger partial charge in [-0.05, 0) is 68.3 Å². The number of para-hydroxylation sites is 1.